The summed E-state index contributed by atoms with van der Waals surface area (Å²) in [4.78, 5) is 21.9. The number of aromatic nitrogens is 1. The highest BCUT2D eigenvalue weighted by atomic mass is 16.2. The summed E-state index contributed by atoms with van der Waals surface area (Å²) in [5.41, 5.74) is 1.49. The topological polar surface area (TPSA) is 36.4 Å². The maximum absolute atomic E-state index is 12.9. The Kier molecular flexibility index (Phi) is 5.00. The van der Waals surface area contributed by atoms with Gasteiger partial charge in [-0.3, -0.25) is 9.69 Å². The second kappa shape index (κ2) is 7.00. The first kappa shape index (κ1) is 16.4. The first-order valence-electron chi connectivity index (χ1n) is 9.01. The van der Waals surface area contributed by atoms with Gasteiger partial charge in [0.25, 0.3) is 5.91 Å². The van der Waals surface area contributed by atoms with Crippen molar-refractivity contribution in [3.63, 3.8) is 0 Å². The fourth-order valence-corrected chi connectivity index (χ4v) is 3.56. The Bertz CT molecular complexity index is 553. The van der Waals surface area contributed by atoms with Gasteiger partial charge in [-0.1, -0.05) is 19.9 Å². The molecule has 2 heterocycles. The lowest BCUT2D eigenvalue weighted by Gasteiger charge is -2.34. The van der Waals surface area contributed by atoms with Crippen LogP contribution in [0, 0.1) is 18.8 Å². The molecule has 0 bridgehead atoms. The van der Waals surface area contributed by atoms with Crippen molar-refractivity contribution >= 4 is 5.91 Å². The molecular formula is C19H29N3O. The van der Waals surface area contributed by atoms with E-state index in [0.29, 0.717) is 17.7 Å². The zero-order valence-corrected chi connectivity index (χ0v) is 14.7. The van der Waals surface area contributed by atoms with E-state index in [1.54, 1.807) is 0 Å². The lowest BCUT2D eigenvalue weighted by molar-refractivity contribution is 0.0698. The molecule has 4 heteroatoms. The van der Waals surface area contributed by atoms with Gasteiger partial charge in [0.15, 0.2) is 0 Å². The Balaban J connectivity index is 1.73. The summed E-state index contributed by atoms with van der Waals surface area (Å²) >= 11 is 0. The van der Waals surface area contributed by atoms with E-state index in [1.165, 1.54) is 19.4 Å². The van der Waals surface area contributed by atoms with Gasteiger partial charge in [-0.15, -0.1) is 0 Å². The molecule has 0 radical (unpaired) electrons. The van der Waals surface area contributed by atoms with E-state index in [4.69, 9.17) is 0 Å². The van der Waals surface area contributed by atoms with Crippen molar-refractivity contribution in [2.45, 2.75) is 46.1 Å². The van der Waals surface area contributed by atoms with E-state index in [1.807, 2.05) is 30.0 Å². The summed E-state index contributed by atoms with van der Waals surface area (Å²) < 4.78 is 0. The number of carbonyl (C=O) groups excluding carboxylic acids is 1. The Morgan fingerprint density at radius 3 is 2.74 bits per heavy atom. The van der Waals surface area contributed by atoms with Crippen LogP contribution in [0.1, 0.15) is 49.3 Å². The highest BCUT2D eigenvalue weighted by Gasteiger charge is 2.33. The van der Waals surface area contributed by atoms with Gasteiger partial charge in [0.1, 0.15) is 5.69 Å². The van der Waals surface area contributed by atoms with Crippen molar-refractivity contribution in [3.05, 3.63) is 29.6 Å². The van der Waals surface area contributed by atoms with Crippen LogP contribution in [0.15, 0.2) is 18.2 Å². The molecule has 1 atom stereocenters. The molecular weight excluding hydrogens is 286 g/mol. The number of pyridine rings is 1. The normalized spacial score (nSPS) is 23.1. The van der Waals surface area contributed by atoms with Crippen molar-refractivity contribution in [2.75, 3.05) is 26.2 Å². The fourth-order valence-electron chi connectivity index (χ4n) is 3.56. The summed E-state index contributed by atoms with van der Waals surface area (Å²) in [7, 11) is 0. The minimum absolute atomic E-state index is 0.0904. The van der Waals surface area contributed by atoms with Crippen LogP contribution < -0.4 is 0 Å². The standard InChI is InChI=1S/C19H29N3O/c1-14(2)18-13-22(11-5-10-21(18)12-16-8-9-16)19(23)17-7-4-6-15(3)20-17/h4,6-7,14,16,18H,5,8-13H2,1-3H3. The summed E-state index contributed by atoms with van der Waals surface area (Å²) in [6.07, 6.45) is 3.84. The number of rotatable bonds is 4. The van der Waals surface area contributed by atoms with Crippen molar-refractivity contribution in [1.82, 2.24) is 14.8 Å². The molecule has 0 spiro atoms. The lowest BCUT2D eigenvalue weighted by atomic mass is 10.0. The third-order valence-electron chi connectivity index (χ3n) is 5.10. The Hall–Kier alpha value is -1.42. The van der Waals surface area contributed by atoms with Crippen molar-refractivity contribution in [3.8, 4) is 0 Å². The molecule has 0 aromatic carbocycles. The molecule has 4 nitrogen and oxygen atoms in total. The second-order valence-corrected chi connectivity index (χ2v) is 7.52. The van der Waals surface area contributed by atoms with Crippen LogP contribution in [-0.4, -0.2) is 52.9 Å². The average molecular weight is 315 g/mol. The van der Waals surface area contributed by atoms with Crippen LogP contribution >= 0.6 is 0 Å². The second-order valence-electron chi connectivity index (χ2n) is 7.52. The van der Waals surface area contributed by atoms with E-state index >= 15 is 0 Å². The SMILES string of the molecule is Cc1cccc(C(=O)N2CCCN(CC3CC3)C(C(C)C)C2)n1. The van der Waals surface area contributed by atoms with Crippen LogP contribution in [0.4, 0.5) is 0 Å². The molecule has 1 amide bonds. The molecule has 1 aliphatic heterocycles. The largest absolute Gasteiger partial charge is 0.336 e. The molecule has 2 fully saturated rings. The predicted octanol–water partition coefficient (Wildman–Crippen LogP) is 2.97. The van der Waals surface area contributed by atoms with Crippen LogP contribution in [0.5, 0.6) is 0 Å². The number of hydrogen-bond acceptors (Lipinski definition) is 3. The highest BCUT2D eigenvalue weighted by Crippen LogP contribution is 2.32. The molecule has 0 N–H and O–H groups in total. The van der Waals surface area contributed by atoms with Crippen molar-refractivity contribution < 1.29 is 4.79 Å². The number of aryl methyl sites for hydroxylation is 1. The Labute approximate surface area is 139 Å². The molecule has 3 rings (SSSR count). The number of carbonyl (C=O) groups is 1. The number of amides is 1. The Morgan fingerprint density at radius 2 is 2.09 bits per heavy atom. The third kappa shape index (κ3) is 4.11. The average Bonchev–Trinajstić information content (AvgIpc) is 3.34. The lowest BCUT2D eigenvalue weighted by Crippen LogP contribution is -2.46. The van der Waals surface area contributed by atoms with Crippen LogP contribution in [-0.2, 0) is 0 Å². The maximum atomic E-state index is 12.9. The third-order valence-corrected chi connectivity index (χ3v) is 5.10. The van der Waals surface area contributed by atoms with Gasteiger partial charge < -0.3 is 4.90 Å². The van der Waals surface area contributed by atoms with E-state index in [2.05, 4.69) is 23.7 Å². The van der Waals surface area contributed by atoms with Gasteiger partial charge in [-0.25, -0.2) is 4.98 Å². The van der Waals surface area contributed by atoms with Crippen LogP contribution in [0.2, 0.25) is 0 Å². The molecule has 1 aromatic heterocycles. The zero-order chi connectivity index (χ0) is 16.4. The van der Waals surface area contributed by atoms with Crippen molar-refractivity contribution in [1.29, 1.82) is 0 Å². The molecule has 1 saturated heterocycles. The van der Waals surface area contributed by atoms with Crippen LogP contribution in [0.25, 0.3) is 0 Å². The van der Waals surface area contributed by atoms with Gasteiger partial charge in [-0.2, -0.15) is 0 Å². The van der Waals surface area contributed by atoms with E-state index in [0.717, 1.165) is 37.7 Å². The molecule has 1 aromatic rings. The van der Waals surface area contributed by atoms with Gasteiger partial charge in [0, 0.05) is 37.9 Å². The summed E-state index contributed by atoms with van der Waals surface area (Å²) in [6, 6.07) is 6.17. The maximum Gasteiger partial charge on any atom is 0.272 e. The Morgan fingerprint density at radius 1 is 1.30 bits per heavy atom. The fraction of sp³-hybridized carbons (Fsp3) is 0.684. The quantitative estimate of drug-likeness (QED) is 0.857. The molecule has 126 valence electrons. The highest BCUT2D eigenvalue weighted by molar-refractivity contribution is 5.92. The van der Waals surface area contributed by atoms with Gasteiger partial charge >= 0.3 is 0 Å². The predicted molar refractivity (Wildman–Crippen MR) is 92.4 cm³/mol. The summed E-state index contributed by atoms with van der Waals surface area (Å²) in [5, 5.41) is 0. The smallest absolute Gasteiger partial charge is 0.272 e. The van der Waals surface area contributed by atoms with E-state index < -0.39 is 0 Å². The summed E-state index contributed by atoms with van der Waals surface area (Å²) in [5.74, 6) is 1.55. The first-order chi connectivity index (χ1) is 11.0. The monoisotopic (exact) mass is 315 g/mol. The number of hydrogen-bond donors (Lipinski definition) is 0. The molecule has 23 heavy (non-hydrogen) atoms. The molecule has 1 saturated carbocycles. The molecule has 1 aliphatic carbocycles. The minimum Gasteiger partial charge on any atom is -0.336 e. The van der Waals surface area contributed by atoms with E-state index in [9.17, 15) is 4.79 Å². The van der Waals surface area contributed by atoms with Gasteiger partial charge in [0.2, 0.25) is 0 Å². The molecule has 1 unspecified atom stereocenters. The van der Waals surface area contributed by atoms with Crippen molar-refractivity contribution in [2.24, 2.45) is 11.8 Å². The summed E-state index contributed by atoms with van der Waals surface area (Å²) in [6.45, 7) is 10.5. The first-order valence-corrected chi connectivity index (χ1v) is 9.01. The van der Waals surface area contributed by atoms with Gasteiger partial charge in [0.05, 0.1) is 0 Å². The van der Waals surface area contributed by atoms with E-state index in [-0.39, 0.29) is 5.91 Å². The minimum atomic E-state index is 0.0904. The van der Waals surface area contributed by atoms with Gasteiger partial charge in [-0.05, 0) is 50.2 Å². The molecule has 2 aliphatic rings. The number of nitrogens with zero attached hydrogens (tertiary/aromatic N) is 3. The van der Waals surface area contributed by atoms with Crippen LogP contribution in [0.3, 0.4) is 0 Å². The zero-order valence-electron chi connectivity index (χ0n) is 14.7.